The molecule has 0 fully saturated rings. The Balaban J connectivity index is 1.92. The number of hydrogen-bond donors (Lipinski definition) is 3. The Morgan fingerprint density at radius 1 is 1.07 bits per heavy atom. The lowest BCUT2D eigenvalue weighted by Gasteiger charge is -2.22. The molecule has 1 amide bonds. The summed E-state index contributed by atoms with van der Waals surface area (Å²) in [6.07, 6.45) is 0.583. The minimum Gasteiger partial charge on any atom is -0.480 e. The third kappa shape index (κ3) is 6.91. The average Bonchev–Trinajstić information content (AvgIpc) is 2.71. The van der Waals surface area contributed by atoms with E-state index in [1.165, 1.54) is 0 Å². The van der Waals surface area contributed by atoms with Crippen molar-refractivity contribution in [3.63, 3.8) is 0 Å². The Morgan fingerprint density at radius 2 is 1.76 bits per heavy atom. The van der Waals surface area contributed by atoms with Crippen molar-refractivity contribution in [2.75, 3.05) is 29.9 Å². The SMILES string of the molecule is CCN(CC)c1ccc(NC(=O)CC(NCCc2ccccc2)C(=O)O)c(C)c1. The molecule has 0 aliphatic rings. The number of carboxylic acids is 1. The zero-order chi connectivity index (χ0) is 21.2. The number of rotatable bonds is 11. The van der Waals surface area contributed by atoms with Gasteiger partial charge in [-0.3, -0.25) is 9.59 Å². The van der Waals surface area contributed by atoms with Crippen LogP contribution in [0.25, 0.3) is 0 Å². The molecule has 6 nitrogen and oxygen atoms in total. The Labute approximate surface area is 172 Å². The number of carbonyl (C=O) groups is 2. The maximum atomic E-state index is 12.4. The highest BCUT2D eigenvalue weighted by Gasteiger charge is 2.21. The molecule has 0 saturated carbocycles. The Morgan fingerprint density at radius 3 is 2.34 bits per heavy atom. The van der Waals surface area contributed by atoms with Gasteiger partial charge in [-0.15, -0.1) is 0 Å². The van der Waals surface area contributed by atoms with Crippen LogP contribution in [0.2, 0.25) is 0 Å². The normalized spacial score (nSPS) is 11.7. The predicted molar refractivity (Wildman–Crippen MR) is 118 cm³/mol. The summed E-state index contributed by atoms with van der Waals surface area (Å²) in [5.41, 5.74) is 3.89. The molecule has 1 unspecified atom stereocenters. The fourth-order valence-corrected chi connectivity index (χ4v) is 3.24. The van der Waals surface area contributed by atoms with Crippen molar-refractivity contribution in [3.8, 4) is 0 Å². The smallest absolute Gasteiger partial charge is 0.321 e. The molecule has 0 spiro atoms. The highest BCUT2D eigenvalue weighted by Crippen LogP contribution is 2.23. The van der Waals surface area contributed by atoms with E-state index in [0.717, 1.165) is 29.9 Å². The summed E-state index contributed by atoms with van der Waals surface area (Å²) in [7, 11) is 0. The van der Waals surface area contributed by atoms with Gasteiger partial charge in [0.25, 0.3) is 0 Å². The van der Waals surface area contributed by atoms with Crippen LogP contribution in [0, 0.1) is 6.92 Å². The van der Waals surface area contributed by atoms with Crippen molar-refractivity contribution in [2.24, 2.45) is 0 Å². The van der Waals surface area contributed by atoms with E-state index in [4.69, 9.17) is 0 Å². The zero-order valence-electron chi connectivity index (χ0n) is 17.4. The number of nitrogens with zero attached hydrogens (tertiary/aromatic N) is 1. The summed E-state index contributed by atoms with van der Waals surface area (Å²) >= 11 is 0. The number of benzene rings is 2. The van der Waals surface area contributed by atoms with Gasteiger partial charge in [0.15, 0.2) is 0 Å². The van der Waals surface area contributed by atoms with Crippen LogP contribution in [0.15, 0.2) is 48.5 Å². The van der Waals surface area contributed by atoms with Gasteiger partial charge in [-0.25, -0.2) is 0 Å². The summed E-state index contributed by atoms with van der Waals surface area (Å²) in [6, 6.07) is 14.8. The van der Waals surface area contributed by atoms with Gasteiger partial charge in [0, 0.05) is 24.5 Å². The van der Waals surface area contributed by atoms with Gasteiger partial charge < -0.3 is 20.6 Å². The van der Waals surface area contributed by atoms with E-state index in [1.54, 1.807) is 0 Å². The van der Waals surface area contributed by atoms with Gasteiger partial charge in [0.05, 0.1) is 6.42 Å². The van der Waals surface area contributed by atoms with Gasteiger partial charge in [-0.1, -0.05) is 30.3 Å². The third-order valence-electron chi connectivity index (χ3n) is 4.95. The minimum absolute atomic E-state index is 0.124. The first-order valence-corrected chi connectivity index (χ1v) is 10.1. The number of aliphatic carboxylic acids is 1. The molecule has 2 aromatic rings. The van der Waals surface area contributed by atoms with Crippen molar-refractivity contribution < 1.29 is 14.7 Å². The summed E-state index contributed by atoms with van der Waals surface area (Å²) < 4.78 is 0. The van der Waals surface area contributed by atoms with Crippen LogP contribution in [0.5, 0.6) is 0 Å². The van der Waals surface area contributed by atoms with Crippen LogP contribution < -0.4 is 15.5 Å². The van der Waals surface area contributed by atoms with Crippen LogP contribution in [0.1, 0.15) is 31.4 Å². The fourth-order valence-electron chi connectivity index (χ4n) is 3.24. The first kappa shape index (κ1) is 22.4. The second kappa shape index (κ2) is 11.2. The number of carboxylic acid groups (broad SMARTS) is 1. The average molecular weight is 398 g/mol. The molecule has 2 aromatic carbocycles. The quantitative estimate of drug-likeness (QED) is 0.541. The first-order chi connectivity index (χ1) is 13.9. The van der Waals surface area contributed by atoms with Crippen molar-refractivity contribution in [1.29, 1.82) is 0 Å². The lowest BCUT2D eigenvalue weighted by molar-refractivity contribution is -0.141. The minimum atomic E-state index is -1.03. The molecule has 2 rings (SSSR count). The van der Waals surface area contributed by atoms with Crippen molar-refractivity contribution in [3.05, 3.63) is 59.7 Å². The van der Waals surface area contributed by atoms with Gasteiger partial charge in [-0.2, -0.15) is 0 Å². The van der Waals surface area contributed by atoms with E-state index >= 15 is 0 Å². The molecule has 1 atom stereocenters. The lowest BCUT2D eigenvalue weighted by atomic mass is 10.1. The second-order valence-electron chi connectivity index (χ2n) is 7.00. The maximum Gasteiger partial charge on any atom is 0.321 e. The number of amides is 1. The molecule has 0 bridgehead atoms. The lowest BCUT2D eigenvalue weighted by Crippen LogP contribution is -2.40. The van der Waals surface area contributed by atoms with Crippen LogP contribution in [-0.2, 0) is 16.0 Å². The fraction of sp³-hybridized carbons (Fsp3) is 0.391. The molecule has 0 aromatic heterocycles. The molecule has 0 saturated heterocycles. The molecule has 3 N–H and O–H groups in total. The molecular weight excluding hydrogens is 366 g/mol. The van der Waals surface area contributed by atoms with E-state index in [-0.39, 0.29) is 12.3 Å². The molecule has 0 aliphatic carbocycles. The number of anilines is 2. The van der Waals surface area contributed by atoms with Gasteiger partial charge >= 0.3 is 5.97 Å². The van der Waals surface area contributed by atoms with E-state index in [9.17, 15) is 14.7 Å². The second-order valence-corrected chi connectivity index (χ2v) is 7.00. The van der Waals surface area contributed by atoms with E-state index in [0.29, 0.717) is 18.7 Å². The van der Waals surface area contributed by atoms with Crippen molar-refractivity contribution >= 4 is 23.3 Å². The van der Waals surface area contributed by atoms with E-state index in [1.807, 2.05) is 55.5 Å². The van der Waals surface area contributed by atoms with Crippen molar-refractivity contribution in [2.45, 2.75) is 39.7 Å². The summed E-state index contributed by atoms with van der Waals surface area (Å²) in [4.78, 5) is 26.2. The molecule has 156 valence electrons. The molecule has 29 heavy (non-hydrogen) atoms. The maximum absolute atomic E-state index is 12.4. The standard InChI is InChI=1S/C23H31N3O3/c1-4-26(5-2)19-11-12-20(17(3)15-19)25-22(27)16-21(23(28)29)24-14-13-18-9-7-6-8-10-18/h6-12,15,21,24H,4-5,13-14,16H2,1-3H3,(H,25,27)(H,28,29). The van der Waals surface area contributed by atoms with Gasteiger partial charge in [0.2, 0.25) is 5.91 Å². The first-order valence-electron chi connectivity index (χ1n) is 10.1. The zero-order valence-corrected chi connectivity index (χ0v) is 17.4. The largest absolute Gasteiger partial charge is 0.480 e. The number of hydrogen-bond acceptors (Lipinski definition) is 4. The summed E-state index contributed by atoms with van der Waals surface area (Å²) in [6.45, 7) is 8.46. The Hall–Kier alpha value is -2.86. The molecule has 0 heterocycles. The van der Waals surface area contributed by atoms with Crippen LogP contribution >= 0.6 is 0 Å². The summed E-state index contributed by atoms with van der Waals surface area (Å²) in [5, 5.41) is 15.3. The number of aryl methyl sites for hydroxylation is 1. The molecular formula is C23H31N3O3. The molecule has 6 heteroatoms. The third-order valence-corrected chi connectivity index (χ3v) is 4.95. The monoisotopic (exact) mass is 397 g/mol. The van der Waals surface area contributed by atoms with Crippen LogP contribution in [0.4, 0.5) is 11.4 Å². The predicted octanol–water partition coefficient (Wildman–Crippen LogP) is 3.46. The van der Waals surface area contributed by atoms with Crippen LogP contribution in [0.3, 0.4) is 0 Å². The molecule has 0 radical (unpaired) electrons. The Kier molecular flexibility index (Phi) is 8.68. The van der Waals surface area contributed by atoms with Crippen LogP contribution in [-0.4, -0.2) is 42.7 Å². The Bertz CT molecular complexity index is 804. The van der Waals surface area contributed by atoms with Gasteiger partial charge in [-0.05, 0) is 63.1 Å². The number of carbonyl (C=O) groups excluding carboxylic acids is 1. The molecule has 0 aliphatic heterocycles. The van der Waals surface area contributed by atoms with E-state index in [2.05, 4.69) is 29.4 Å². The number of nitrogens with one attached hydrogen (secondary N) is 2. The topological polar surface area (TPSA) is 81.7 Å². The van der Waals surface area contributed by atoms with Gasteiger partial charge in [0.1, 0.15) is 6.04 Å². The highest BCUT2D eigenvalue weighted by molar-refractivity contribution is 5.94. The van der Waals surface area contributed by atoms with Crippen molar-refractivity contribution in [1.82, 2.24) is 5.32 Å². The summed E-state index contributed by atoms with van der Waals surface area (Å²) in [5.74, 6) is -1.34. The highest BCUT2D eigenvalue weighted by atomic mass is 16.4. The van der Waals surface area contributed by atoms with E-state index < -0.39 is 12.0 Å².